The minimum Gasteiger partial charge on any atom is -0.486 e. The molecule has 0 amide bonds. The second-order valence-corrected chi connectivity index (χ2v) is 10.1. The molecule has 7 heteroatoms. The van der Waals surface area contributed by atoms with Gasteiger partial charge < -0.3 is 4.74 Å². The smallest absolute Gasteiger partial charge is 0.243 e. The number of nitrogens with zero attached hydrogens (tertiary/aromatic N) is 2. The van der Waals surface area contributed by atoms with E-state index in [9.17, 15) is 8.42 Å². The molecule has 3 rings (SSSR count). The summed E-state index contributed by atoms with van der Waals surface area (Å²) in [7, 11) is -3.60. The maximum absolute atomic E-state index is 13.1. The zero-order valence-electron chi connectivity index (χ0n) is 17.1. The molecule has 0 radical (unpaired) electrons. The van der Waals surface area contributed by atoms with Gasteiger partial charge in [0, 0.05) is 11.4 Å². The zero-order chi connectivity index (χ0) is 21.0. The van der Waals surface area contributed by atoms with Crippen molar-refractivity contribution in [3.63, 3.8) is 0 Å². The molecule has 0 fully saturated rings. The summed E-state index contributed by atoms with van der Waals surface area (Å²) in [5.41, 5.74) is 2.89. The first kappa shape index (κ1) is 21.5. The summed E-state index contributed by atoms with van der Waals surface area (Å²) in [6.07, 6.45) is 0. The standard InChI is InChI=1S/C22H26N2O3S2/c1-16(2)24(29(25,26)21-10-8-17(3)9-11-21)13-19-15-28-22(23-19)14-27-20-7-5-6-18(4)12-20/h5-12,15-16H,13-14H2,1-4H3. The summed E-state index contributed by atoms with van der Waals surface area (Å²) >= 11 is 1.48. The molecule has 0 N–H and O–H groups in total. The van der Waals surface area contributed by atoms with Crippen molar-refractivity contribution < 1.29 is 13.2 Å². The van der Waals surface area contributed by atoms with E-state index in [0.29, 0.717) is 11.5 Å². The fraction of sp³-hybridized carbons (Fsp3) is 0.318. The average Bonchev–Trinajstić information content (AvgIpc) is 3.12. The van der Waals surface area contributed by atoms with Crippen LogP contribution in [0.2, 0.25) is 0 Å². The van der Waals surface area contributed by atoms with Gasteiger partial charge in [0.25, 0.3) is 0 Å². The summed E-state index contributed by atoms with van der Waals surface area (Å²) < 4.78 is 33.5. The van der Waals surface area contributed by atoms with Gasteiger partial charge in [0.2, 0.25) is 10.0 Å². The van der Waals surface area contributed by atoms with E-state index in [1.54, 1.807) is 12.1 Å². The largest absolute Gasteiger partial charge is 0.486 e. The summed E-state index contributed by atoms with van der Waals surface area (Å²) in [5, 5.41) is 2.72. The number of benzene rings is 2. The van der Waals surface area contributed by atoms with E-state index in [-0.39, 0.29) is 12.6 Å². The Morgan fingerprint density at radius 1 is 1.07 bits per heavy atom. The third-order valence-corrected chi connectivity index (χ3v) is 7.38. The third kappa shape index (κ3) is 5.44. The highest BCUT2D eigenvalue weighted by Gasteiger charge is 2.27. The molecule has 2 aromatic carbocycles. The summed E-state index contributed by atoms with van der Waals surface area (Å²) in [6, 6.07) is 14.6. The monoisotopic (exact) mass is 430 g/mol. The van der Waals surface area contributed by atoms with Crippen LogP contribution in [0.25, 0.3) is 0 Å². The van der Waals surface area contributed by atoms with Gasteiger partial charge in [-0.2, -0.15) is 4.31 Å². The Balaban J connectivity index is 1.72. The van der Waals surface area contributed by atoms with Gasteiger partial charge in [0.1, 0.15) is 17.4 Å². The van der Waals surface area contributed by atoms with Crippen molar-refractivity contribution in [2.45, 2.75) is 51.8 Å². The van der Waals surface area contributed by atoms with Gasteiger partial charge in [-0.1, -0.05) is 29.8 Å². The van der Waals surface area contributed by atoms with Crippen LogP contribution in [0.1, 0.15) is 35.7 Å². The Kier molecular flexibility index (Phi) is 6.72. The van der Waals surface area contributed by atoms with Gasteiger partial charge >= 0.3 is 0 Å². The van der Waals surface area contributed by atoms with E-state index in [1.165, 1.54) is 15.6 Å². The topological polar surface area (TPSA) is 59.5 Å². The molecule has 0 saturated carbocycles. The van der Waals surface area contributed by atoms with Crippen LogP contribution in [0.4, 0.5) is 0 Å². The second kappa shape index (κ2) is 9.07. The number of hydrogen-bond acceptors (Lipinski definition) is 5. The lowest BCUT2D eigenvalue weighted by atomic mass is 10.2. The third-order valence-electron chi connectivity index (χ3n) is 4.47. The van der Waals surface area contributed by atoms with E-state index >= 15 is 0 Å². The van der Waals surface area contributed by atoms with Crippen molar-refractivity contribution in [2.75, 3.05) is 0 Å². The molecular weight excluding hydrogens is 404 g/mol. The maximum Gasteiger partial charge on any atom is 0.243 e. The first-order valence-corrected chi connectivity index (χ1v) is 11.8. The number of aryl methyl sites for hydroxylation is 2. The minimum absolute atomic E-state index is 0.185. The van der Waals surface area contributed by atoms with E-state index in [4.69, 9.17) is 4.74 Å². The Hall–Kier alpha value is -2.22. The quantitative estimate of drug-likeness (QED) is 0.508. The molecule has 5 nitrogen and oxygen atoms in total. The van der Waals surface area contributed by atoms with Crippen molar-refractivity contribution in [2.24, 2.45) is 0 Å². The molecular formula is C22H26N2O3S2. The van der Waals surface area contributed by atoms with Gasteiger partial charge in [0.15, 0.2) is 0 Å². The van der Waals surface area contributed by atoms with Crippen molar-refractivity contribution in [3.05, 3.63) is 75.7 Å². The molecule has 1 aromatic heterocycles. The van der Waals surface area contributed by atoms with Gasteiger partial charge in [0.05, 0.1) is 17.1 Å². The number of hydrogen-bond donors (Lipinski definition) is 0. The van der Waals surface area contributed by atoms with Gasteiger partial charge in [-0.05, 0) is 57.5 Å². The molecule has 0 saturated heterocycles. The Labute approximate surface area is 177 Å². The number of sulfonamides is 1. The number of rotatable bonds is 8. The van der Waals surface area contributed by atoms with Crippen LogP contribution in [0, 0.1) is 13.8 Å². The van der Waals surface area contributed by atoms with Gasteiger partial charge in [-0.25, -0.2) is 13.4 Å². The normalized spacial score (nSPS) is 11.9. The van der Waals surface area contributed by atoms with Crippen LogP contribution >= 0.6 is 11.3 Å². The molecule has 0 unspecified atom stereocenters. The minimum atomic E-state index is -3.60. The molecule has 1 heterocycles. The molecule has 0 spiro atoms. The van der Waals surface area contributed by atoms with E-state index in [0.717, 1.165) is 27.6 Å². The zero-order valence-corrected chi connectivity index (χ0v) is 18.8. The van der Waals surface area contributed by atoms with Crippen LogP contribution in [0.3, 0.4) is 0 Å². The Bertz CT molecular complexity index is 1060. The lowest BCUT2D eigenvalue weighted by Crippen LogP contribution is -2.36. The lowest BCUT2D eigenvalue weighted by molar-refractivity contribution is 0.304. The fourth-order valence-corrected chi connectivity index (χ4v) is 5.19. The van der Waals surface area contributed by atoms with Crippen molar-refractivity contribution in [1.82, 2.24) is 9.29 Å². The van der Waals surface area contributed by atoms with Gasteiger partial charge in [-0.15, -0.1) is 11.3 Å². The van der Waals surface area contributed by atoms with Crippen LogP contribution in [-0.4, -0.2) is 23.7 Å². The SMILES string of the molecule is Cc1ccc(S(=O)(=O)N(Cc2csc(COc3cccc(C)c3)n2)C(C)C)cc1. The predicted octanol–water partition coefficient (Wildman–Crippen LogP) is 4.94. The van der Waals surface area contributed by atoms with Gasteiger partial charge in [-0.3, -0.25) is 0 Å². The van der Waals surface area contributed by atoms with Crippen molar-refractivity contribution in [3.8, 4) is 5.75 Å². The highest BCUT2D eigenvalue weighted by Crippen LogP contribution is 2.23. The molecule has 0 bridgehead atoms. The van der Waals surface area contributed by atoms with E-state index < -0.39 is 10.0 Å². The van der Waals surface area contributed by atoms with E-state index in [1.807, 2.05) is 69.5 Å². The number of aromatic nitrogens is 1. The molecule has 154 valence electrons. The van der Waals surface area contributed by atoms with Crippen molar-refractivity contribution >= 4 is 21.4 Å². The average molecular weight is 431 g/mol. The summed E-state index contributed by atoms with van der Waals surface area (Å²) in [5.74, 6) is 0.799. The second-order valence-electron chi connectivity index (χ2n) is 7.29. The molecule has 0 aliphatic heterocycles. The van der Waals surface area contributed by atoms with E-state index in [2.05, 4.69) is 4.98 Å². The van der Waals surface area contributed by atoms with Crippen molar-refractivity contribution in [1.29, 1.82) is 0 Å². The molecule has 3 aromatic rings. The molecule has 0 aliphatic rings. The predicted molar refractivity (Wildman–Crippen MR) is 117 cm³/mol. The Morgan fingerprint density at radius 2 is 1.79 bits per heavy atom. The van der Waals surface area contributed by atoms with Crippen LogP contribution in [0.15, 0.2) is 58.8 Å². The van der Waals surface area contributed by atoms with Crippen LogP contribution < -0.4 is 4.74 Å². The molecule has 0 aliphatic carbocycles. The number of thiazole rings is 1. The molecule has 29 heavy (non-hydrogen) atoms. The summed E-state index contributed by atoms with van der Waals surface area (Å²) in [4.78, 5) is 4.88. The van der Waals surface area contributed by atoms with Crippen LogP contribution in [-0.2, 0) is 23.2 Å². The fourth-order valence-electron chi connectivity index (χ4n) is 2.89. The highest BCUT2D eigenvalue weighted by atomic mass is 32.2. The number of ether oxygens (including phenoxy) is 1. The maximum atomic E-state index is 13.1. The highest BCUT2D eigenvalue weighted by molar-refractivity contribution is 7.89. The molecule has 0 atom stereocenters. The summed E-state index contributed by atoms with van der Waals surface area (Å²) in [6.45, 7) is 8.30. The van der Waals surface area contributed by atoms with Crippen LogP contribution in [0.5, 0.6) is 5.75 Å². The lowest BCUT2D eigenvalue weighted by Gasteiger charge is -2.25. The Morgan fingerprint density at radius 3 is 2.45 bits per heavy atom. The first-order valence-electron chi connectivity index (χ1n) is 9.47. The first-order chi connectivity index (χ1) is 13.8.